The molecule has 0 amide bonds. The molecule has 0 bridgehead atoms. The van der Waals surface area contributed by atoms with Crippen LogP contribution in [0.2, 0.25) is 0 Å². The Bertz CT molecular complexity index is 1200. The number of likely N-dealkylation sites (N-methyl/N-ethyl adjacent to an activating group) is 1. The van der Waals surface area contributed by atoms with Crippen LogP contribution in [0.15, 0.2) is 24.3 Å². The quantitative estimate of drug-likeness (QED) is 0.0280. The summed E-state index contributed by atoms with van der Waals surface area (Å²) in [7, 11) is 5.55. The summed E-state index contributed by atoms with van der Waals surface area (Å²) in [5.74, 6) is -1.45. The van der Waals surface area contributed by atoms with Gasteiger partial charge in [0.05, 0.1) is 34.4 Å². The van der Waals surface area contributed by atoms with Crippen LogP contribution in [0, 0.1) is 0 Å². The second-order valence-electron chi connectivity index (χ2n) is 22.0. The van der Waals surface area contributed by atoms with E-state index in [2.05, 4.69) is 38.2 Å². The molecule has 0 aromatic carbocycles. The molecular weight excluding hydrogens is 871 g/mol. The Morgan fingerprint density at radius 2 is 0.757 bits per heavy atom. The fourth-order valence-electron chi connectivity index (χ4n) is 9.42. The smallest absolute Gasteiger partial charge is 0.362 e. The highest BCUT2D eigenvalue weighted by atomic mass is 16.6. The average Bonchev–Trinajstić information content (AvgIpc) is 3.33. The molecule has 8 nitrogen and oxygen atoms in total. The third-order valence-corrected chi connectivity index (χ3v) is 14.1. The highest BCUT2D eigenvalue weighted by Crippen LogP contribution is 2.18. The minimum absolute atomic E-state index is 0.0487. The molecule has 0 heterocycles. The zero-order valence-electron chi connectivity index (χ0n) is 47.2. The van der Waals surface area contributed by atoms with Gasteiger partial charge in [-0.3, -0.25) is 9.59 Å². The standard InChI is InChI=1S/C62H117NO7/c1-6-8-10-12-14-16-18-20-22-24-26-28-30-32-34-36-38-40-42-44-46-48-50-52-60(64)69-57-58(56-68-55-54-59(62(66)67)63(3,4)5)70-61(65)53-51-49-47-45-43-41-39-37-35-33-31-29-27-25-23-21-19-17-15-13-11-9-7-2/h27,29,33,35,58-59H,6-26,28,30-32,34,36-57H2,1-5H3/p+1/b29-27+,35-33+. The van der Waals surface area contributed by atoms with E-state index in [1.165, 1.54) is 218 Å². The molecular formula is C62H118NO7+. The molecule has 0 saturated carbocycles. The number of nitrogens with zero attached hydrogens (tertiary/aromatic N) is 1. The summed E-state index contributed by atoms with van der Waals surface area (Å²) in [4.78, 5) is 37.3. The number of carbonyl (C=O) groups is 3. The molecule has 0 fully saturated rings. The summed E-state index contributed by atoms with van der Waals surface area (Å²) < 4.78 is 17.4. The lowest BCUT2D eigenvalue weighted by Gasteiger charge is -2.31. The second-order valence-corrected chi connectivity index (χ2v) is 22.0. The number of rotatable bonds is 56. The number of aliphatic carboxylic acids is 1. The van der Waals surface area contributed by atoms with E-state index in [4.69, 9.17) is 14.2 Å². The first-order valence-electron chi connectivity index (χ1n) is 30.4. The van der Waals surface area contributed by atoms with E-state index in [-0.39, 0.29) is 36.2 Å². The number of unbranched alkanes of at least 4 members (excludes halogenated alkanes) is 38. The third-order valence-electron chi connectivity index (χ3n) is 14.1. The van der Waals surface area contributed by atoms with E-state index in [0.29, 0.717) is 19.3 Å². The van der Waals surface area contributed by atoms with E-state index in [1.807, 2.05) is 21.1 Å². The van der Waals surface area contributed by atoms with E-state index in [1.54, 1.807) is 0 Å². The molecule has 0 aromatic rings. The molecule has 0 rings (SSSR count). The van der Waals surface area contributed by atoms with Gasteiger partial charge in [-0.2, -0.15) is 0 Å². The van der Waals surface area contributed by atoms with Crippen LogP contribution < -0.4 is 0 Å². The van der Waals surface area contributed by atoms with Gasteiger partial charge >= 0.3 is 17.9 Å². The maximum atomic E-state index is 12.9. The van der Waals surface area contributed by atoms with Crippen LogP contribution in [0.5, 0.6) is 0 Å². The first-order chi connectivity index (χ1) is 34.1. The van der Waals surface area contributed by atoms with Gasteiger partial charge in [0.15, 0.2) is 12.1 Å². The average molecular weight is 990 g/mol. The summed E-state index contributed by atoms with van der Waals surface area (Å²) in [6, 6.07) is -0.615. The van der Waals surface area contributed by atoms with Crippen LogP contribution in [0.1, 0.15) is 303 Å². The zero-order chi connectivity index (χ0) is 51.3. The highest BCUT2D eigenvalue weighted by molar-refractivity contribution is 5.72. The van der Waals surface area contributed by atoms with E-state index in [0.717, 1.165) is 51.4 Å². The van der Waals surface area contributed by atoms with Crippen LogP contribution in [0.4, 0.5) is 0 Å². The van der Waals surface area contributed by atoms with Gasteiger partial charge in [-0.1, -0.05) is 263 Å². The Balaban J connectivity index is 4.12. The first-order valence-corrected chi connectivity index (χ1v) is 30.4. The molecule has 412 valence electrons. The second kappa shape index (κ2) is 53.1. The molecule has 0 radical (unpaired) electrons. The minimum atomic E-state index is -0.871. The van der Waals surface area contributed by atoms with Gasteiger partial charge in [0, 0.05) is 19.3 Å². The molecule has 0 aliphatic carbocycles. The molecule has 0 aliphatic heterocycles. The fraction of sp³-hybridized carbons (Fsp3) is 0.887. The van der Waals surface area contributed by atoms with Crippen molar-refractivity contribution in [2.45, 2.75) is 315 Å². The van der Waals surface area contributed by atoms with Crippen molar-refractivity contribution in [2.75, 3.05) is 41.0 Å². The van der Waals surface area contributed by atoms with Gasteiger partial charge in [0.2, 0.25) is 0 Å². The van der Waals surface area contributed by atoms with Crippen LogP contribution in [0.3, 0.4) is 0 Å². The van der Waals surface area contributed by atoms with Crippen molar-refractivity contribution in [1.29, 1.82) is 0 Å². The summed E-state index contributed by atoms with van der Waals surface area (Å²) in [5.41, 5.74) is 0. The summed E-state index contributed by atoms with van der Waals surface area (Å²) in [5, 5.41) is 9.69. The molecule has 0 saturated heterocycles. The lowest BCUT2D eigenvalue weighted by atomic mass is 10.0. The van der Waals surface area contributed by atoms with Crippen molar-refractivity contribution in [3.63, 3.8) is 0 Å². The van der Waals surface area contributed by atoms with Crippen LogP contribution in [-0.4, -0.2) is 80.6 Å². The predicted octanol–water partition coefficient (Wildman–Crippen LogP) is 18.3. The molecule has 2 unspecified atom stereocenters. The lowest BCUT2D eigenvalue weighted by Crippen LogP contribution is -2.50. The van der Waals surface area contributed by atoms with Crippen LogP contribution >= 0.6 is 0 Å². The molecule has 0 spiro atoms. The Kier molecular flexibility index (Phi) is 51.5. The van der Waals surface area contributed by atoms with Crippen LogP contribution in [-0.2, 0) is 28.6 Å². The zero-order valence-corrected chi connectivity index (χ0v) is 47.2. The predicted molar refractivity (Wildman–Crippen MR) is 299 cm³/mol. The number of allylic oxidation sites excluding steroid dienone is 4. The third kappa shape index (κ3) is 50.7. The van der Waals surface area contributed by atoms with Crippen molar-refractivity contribution in [2.24, 2.45) is 0 Å². The summed E-state index contributed by atoms with van der Waals surface area (Å²) in [6.45, 7) is 4.79. The van der Waals surface area contributed by atoms with Gasteiger partial charge in [0.1, 0.15) is 6.61 Å². The number of ether oxygens (including phenoxy) is 3. The van der Waals surface area contributed by atoms with Crippen molar-refractivity contribution >= 4 is 17.9 Å². The Labute approximate surface area is 434 Å². The Morgan fingerprint density at radius 3 is 1.10 bits per heavy atom. The number of carboxylic acid groups (broad SMARTS) is 1. The number of carbonyl (C=O) groups excluding carboxylic acids is 2. The summed E-state index contributed by atoms with van der Waals surface area (Å²) >= 11 is 0. The Morgan fingerprint density at radius 1 is 0.429 bits per heavy atom. The number of carboxylic acids is 1. The van der Waals surface area contributed by atoms with Crippen molar-refractivity contribution < 1.29 is 38.2 Å². The summed E-state index contributed by atoms with van der Waals surface area (Å²) in [6.07, 6.45) is 63.9. The number of esters is 2. The SMILES string of the molecule is CCCCCCCCCCC/C=C/C/C=C/CCCCCCCCCC(=O)OC(COCCC(C(=O)O)[N+](C)(C)C)COC(=O)CCCCCCCCCCCCCCCCCCCCCCCCC. The van der Waals surface area contributed by atoms with Crippen LogP contribution in [0.25, 0.3) is 0 Å². The minimum Gasteiger partial charge on any atom is -0.477 e. The largest absolute Gasteiger partial charge is 0.477 e. The van der Waals surface area contributed by atoms with E-state index in [9.17, 15) is 19.5 Å². The maximum absolute atomic E-state index is 12.9. The Hall–Kier alpha value is -2.19. The molecule has 0 aromatic heterocycles. The number of hydrogen-bond donors (Lipinski definition) is 1. The molecule has 2 atom stereocenters. The molecule has 0 aliphatic rings. The van der Waals surface area contributed by atoms with Gasteiger partial charge in [0.25, 0.3) is 0 Å². The maximum Gasteiger partial charge on any atom is 0.362 e. The fourth-order valence-corrected chi connectivity index (χ4v) is 9.42. The van der Waals surface area contributed by atoms with E-state index >= 15 is 0 Å². The van der Waals surface area contributed by atoms with Gasteiger partial charge in [-0.05, 0) is 44.9 Å². The normalized spacial score (nSPS) is 12.9. The molecule has 70 heavy (non-hydrogen) atoms. The number of quaternary nitrogens is 1. The van der Waals surface area contributed by atoms with E-state index < -0.39 is 18.1 Å². The van der Waals surface area contributed by atoms with Gasteiger partial charge in [-0.15, -0.1) is 0 Å². The van der Waals surface area contributed by atoms with Crippen molar-refractivity contribution in [3.05, 3.63) is 24.3 Å². The first kappa shape index (κ1) is 67.8. The van der Waals surface area contributed by atoms with Crippen molar-refractivity contribution in [1.82, 2.24) is 0 Å². The topological polar surface area (TPSA) is 99.1 Å². The number of hydrogen-bond acceptors (Lipinski definition) is 6. The van der Waals surface area contributed by atoms with Crippen molar-refractivity contribution in [3.8, 4) is 0 Å². The molecule has 8 heteroatoms. The monoisotopic (exact) mass is 989 g/mol. The van der Waals surface area contributed by atoms with Gasteiger partial charge < -0.3 is 23.8 Å². The lowest BCUT2D eigenvalue weighted by molar-refractivity contribution is -0.887. The van der Waals surface area contributed by atoms with Gasteiger partial charge in [-0.25, -0.2) is 4.79 Å². The highest BCUT2D eigenvalue weighted by Gasteiger charge is 2.31. The molecule has 1 N–H and O–H groups in total.